The largest absolute Gasteiger partial charge is 0.492 e. The Morgan fingerprint density at radius 3 is 2.86 bits per heavy atom. The Morgan fingerprint density at radius 2 is 2.23 bits per heavy atom. The first-order valence-corrected chi connectivity index (χ1v) is 7.58. The molecule has 1 aromatic heterocycles. The number of nitrogens with one attached hydrogen (secondary N) is 1. The van der Waals surface area contributed by atoms with Crippen molar-refractivity contribution in [2.24, 2.45) is 0 Å². The molecule has 6 nitrogen and oxygen atoms in total. The summed E-state index contributed by atoms with van der Waals surface area (Å²) in [5.74, 6) is 0.264. The molecule has 0 aliphatic rings. The summed E-state index contributed by atoms with van der Waals surface area (Å²) in [6.07, 6.45) is 0. The smallest absolute Gasteiger partial charge is 0.283 e. The van der Waals surface area contributed by atoms with Crippen molar-refractivity contribution in [3.8, 4) is 5.75 Å². The van der Waals surface area contributed by atoms with Crippen LogP contribution in [0.25, 0.3) is 0 Å². The van der Waals surface area contributed by atoms with Gasteiger partial charge in [0.1, 0.15) is 12.4 Å². The van der Waals surface area contributed by atoms with E-state index in [0.29, 0.717) is 20.5 Å². The summed E-state index contributed by atoms with van der Waals surface area (Å²) in [7, 11) is 0. The molecule has 1 heterocycles. The minimum Gasteiger partial charge on any atom is -0.492 e. The zero-order chi connectivity index (χ0) is 16.1. The van der Waals surface area contributed by atoms with Gasteiger partial charge in [0.2, 0.25) is 0 Å². The molecular weight excluding hydrogens is 328 g/mol. The summed E-state index contributed by atoms with van der Waals surface area (Å²) in [6, 6.07) is 8.23. The molecule has 116 valence electrons. The maximum absolute atomic E-state index is 11.9. The van der Waals surface area contributed by atoms with Crippen LogP contribution in [0.3, 0.4) is 0 Å². The summed E-state index contributed by atoms with van der Waals surface area (Å²) in [6.45, 7) is 2.18. The SMILES string of the molecule is Cc1sc(C(=O)NCCOc2cccc(Cl)c2)cc1[N+](=O)[O-]. The predicted octanol–water partition coefficient (Wildman–Crippen LogP) is 3.43. The van der Waals surface area contributed by atoms with Crippen molar-refractivity contribution in [2.75, 3.05) is 13.2 Å². The zero-order valence-corrected chi connectivity index (χ0v) is 13.2. The standard InChI is InChI=1S/C14H13ClN2O4S/c1-9-12(17(19)20)8-13(22-9)14(18)16-5-6-21-11-4-2-3-10(15)7-11/h2-4,7-8H,5-6H2,1H3,(H,16,18). The highest BCUT2D eigenvalue weighted by Gasteiger charge is 2.19. The molecule has 0 aliphatic heterocycles. The first-order chi connectivity index (χ1) is 10.5. The molecular formula is C14H13ClN2O4S. The van der Waals surface area contributed by atoms with Gasteiger partial charge in [0.05, 0.1) is 21.2 Å². The Balaban J connectivity index is 1.83. The van der Waals surface area contributed by atoms with Gasteiger partial charge >= 0.3 is 0 Å². The van der Waals surface area contributed by atoms with E-state index < -0.39 is 4.92 Å². The summed E-state index contributed by atoms with van der Waals surface area (Å²) in [5.41, 5.74) is -0.0367. The number of amides is 1. The highest BCUT2D eigenvalue weighted by Crippen LogP contribution is 2.27. The second-order valence-electron chi connectivity index (χ2n) is 4.37. The first kappa shape index (κ1) is 16.3. The average molecular weight is 341 g/mol. The number of nitro groups is 1. The predicted molar refractivity (Wildman–Crippen MR) is 85.0 cm³/mol. The molecule has 0 aliphatic carbocycles. The molecule has 1 amide bonds. The van der Waals surface area contributed by atoms with Gasteiger partial charge < -0.3 is 10.1 Å². The van der Waals surface area contributed by atoms with Gasteiger partial charge in [0, 0.05) is 11.1 Å². The number of carbonyl (C=O) groups is 1. The molecule has 0 radical (unpaired) electrons. The molecule has 1 aromatic carbocycles. The van der Waals surface area contributed by atoms with Gasteiger partial charge in [-0.2, -0.15) is 0 Å². The molecule has 2 rings (SSSR count). The van der Waals surface area contributed by atoms with Crippen molar-refractivity contribution >= 4 is 34.5 Å². The zero-order valence-electron chi connectivity index (χ0n) is 11.7. The van der Waals surface area contributed by atoms with Gasteiger partial charge in [-0.25, -0.2) is 0 Å². The quantitative estimate of drug-likeness (QED) is 0.496. The lowest BCUT2D eigenvalue weighted by Gasteiger charge is -2.07. The van der Waals surface area contributed by atoms with E-state index in [4.69, 9.17) is 16.3 Å². The topological polar surface area (TPSA) is 81.5 Å². The highest BCUT2D eigenvalue weighted by atomic mass is 35.5. The van der Waals surface area contributed by atoms with Crippen molar-refractivity contribution in [3.05, 3.63) is 55.2 Å². The maximum atomic E-state index is 11.9. The Kier molecular flexibility index (Phi) is 5.35. The fourth-order valence-corrected chi connectivity index (χ4v) is 2.83. The lowest BCUT2D eigenvalue weighted by atomic mass is 10.3. The van der Waals surface area contributed by atoms with E-state index >= 15 is 0 Å². The summed E-state index contributed by atoms with van der Waals surface area (Å²) >= 11 is 6.92. The number of carbonyl (C=O) groups excluding carboxylic acids is 1. The van der Waals surface area contributed by atoms with Crippen molar-refractivity contribution in [1.82, 2.24) is 5.32 Å². The Bertz CT molecular complexity index is 702. The van der Waals surface area contributed by atoms with Crippen molar-refractivity contribution in [2.45, 2.75) is 6.92 Å². The third-order valence-corrected chi connectivity index (χ3v) is 4.04. The van der Waals surface area contributed by atoms with Gasteiger partial charge in [0.25, 0.3) is 11.6 Å². The molecule has 0 saturated heterocycles. The molecule has 2 aromatic rings. The molecule has 22 heavy (non-hydrogen) atoms. The lowest BCUT2D eigenvalue weighted by Crippen LogP contribution is -2.27. The molecule has 0 fully saturated rings. The Labute approximate surface area is 135 Å². The third kappa shape index (κ3) is 4.19. The van der Waals surface area contributed by atoms with Gasteiger partial charge in [-0.1, -0.05) is 17.7 Å². The van der Waals surface area contributed by atoms with Crippen molar-refractivity contribution in [1.29, 1.82) is 0 Å². The van der Waals surface area contributed by atoms with E-state index in [0.717, 1.165) is 11.3 Å². The van der Waals surface area contributed by atoms with Gasteiger partial charge in [-0.05, 0) is 25.1 Å². The minimum atomic E-state index is -0.495. The van der Waals surface area contributed by atoms with Gasteiger partial charge in [0.15, 0.2) is 0 Å². The summed E-state index contributed by atoms with van der Waals surface area (Å²) in [5, 5.41) is 14.0. The van der Waals surface area contributed by atoms with Gasteiger partial charge in [-0.15, -0.1) is 11.3 Å². The fourth-order valence-electron chi connectivity index (χ4n) is 1.74. The normalized spacial score (nSPS) is 10.3. The van der Waals surface area contributed by atoms with Crippen LogP contribution < -0.4 is 10.1 Å². The van der Waals surface area contributed by atoms with Crippen molar-refractivity contribution < 1.29 is 14.5 Å². The number of benzene rings is 1. The number of hydrogen-bond acceptors (Lipinski definition) is 5. The fraction of sp³-hybridized carbons (Fsp3) is 0.214. The molecule has 0 bridgehead atoms. The summed E-state index contributed by atoms with van der Waals surface area (Å²) < 4.78 is 5.44. The van der Waals surface area contributed by atoms with Crippen LogP contribution in [-0.2, 0) is 0 Å². The minimum absolute atomic E-state index is 0.0367. The van der Waals surface area contributed by atoms with Crippen LogP contribution in [0.15, 0.2) is 30.3 Å². The number of thiophene rings is 1. The Hall–Kier alpha value is -2.12. The molecule has 1 N–H and O–H groups in total. The number of hydrogen-bond donors (Lipinski definition) is 1. The van der Waals surface area contributed by atoms with Crippen LogP contribution in [-0.4, -0.2) is 24.0 Å². The van der Waals surface area contributed by atoms with Gasteiger partial charge in [-0.3, -0.25) is 14.9 Å². The molecule has 0 spiro atoms. The first-order valence-electron chi connectivity index (χ1n) is 6.39. The van der Waals surface area contributed by atoms with E-state index in [1.165, 1.54) is 6.07 Å². The number of halogens is 1. The molecule has 0 unspecified atom stereocenters. The monoisotopic (exact) mass is 340 g/mol. The van der Waals surface area contributed by atoms with E-state index in [-0.39, 0.29) is 24.7 Å². The van der Waals surface area contributed by atoms with Crippen molar-refractivity contribution in [3.63, 3.8) is 0 Å². The second kappa shape index (κ2) is 7.24. The van der Waals surface area contributed by atoms with Crippen LogP contribution in [0.1, 0.15) is 14.5 Å². The summed E-state index contributed by atoms with van der Waals surface area (Å²) in [4.78, 5) is 23.0. The van der Waals surface area contributed by atoms with E-state index in [1.54, 1.807) is 31.2 Å². The molecule has 8 heteroatoms. The number of aryl methyl sites for hydroxylation is 1. The van der Waals surface area contributed by atoms with Crippen LogP contribution >= 0.6 is 22.9 Å². The maximum Gasteiger partial charge on any atom is 0.283 e. The Morgan fingerprint density at radius 1 is 1.45 bits per heavy atom. The van der Waals surface area contributed by atoms with E-state index in [9.17, 15) is 14.9 Å². The highest BCUT2D eigenvalue weighted by molar-refractivity contribution is 7.14. The average Bonchev–Trinajstić information content (AvgIpc) is 2.86. The second-order valence-corrected chi connectivity index (χ2v) is 6.06. The lowest BCUT2D eigenvalue weighted by molar-refractivity contribution is -0.385. The van der Waals surface area contributed by atoms with E-state index in [2.05, 4.69) is 5.32 Å². The molecule has 0 saturated carbocycles. The molecule has 0 atom stereocenters. The van der Waals surface area contributed by atoms with Crippen LogP contribution in [0.4, 0.5) is 5.69 Å². The van der Waals surface area contributed by atoms with Crippen LogP contribution in [0.5, 0.6) is 5.75 Å². The van der Waals surface area contributed by atoms with E-state index in [1.807, 2.05) is 0 Å². The third-order valence-electron chi connectivity index (χ3n) is 2.76. The number of rotatable bonds is 6. The number of ether oxygens (including phenoxy) is 1. The number of nitrogens with zero attached hydrogens (tertiary/aromatic N) is 1. The van der Waals surface area contributed by atoms with Crippen LogP contribution in [0.2, 0.25) is 5.02 Å². The van der Waals surface area contributed by atoms with Crippen LogP contribution in [0, 0.1) is 17.0 Å².